The third kappa shape index (κ3) is 3.61. The fourth-order valence-corrected chi connectivity index (χ4v) is 4.50. The van der Waals surface area contributed by atoms with Gasteiger partial charge in [0.15, 0.2) is 0 Å². The molecule has 2 aromatic carbocycles. The van der Waals surface area contributed by atoms with Crippen LogP contribution in [0.1, 0.15) is 5.56 Å². The number of benzene rings is 2. The van der Waals surface area contributed by atoms with Crippen LogP contribution in [0.2, 0.25) is 0 Å². The largest absolute Gasteiger partial charge is 0.379 e. The van der Waals surface area contributed by atoms with Gasteiger partial charge in [0.1, 0.15) is 0 Å². The molecule has 0 radical (unpaired) electrons. The van der Waals surface area contributed by atoms with Gasteiger partial charge in [-0.25, -0.2) is 13.2 Å². The Bertz CT molecular complexity index is 1120. The van der Waals surface area contributed by atoms with E-state index >= 15 is 0 Å². The van der Waals surface area contributed by atoms with Crippen LogP contribution in [0, 0.1) is 0 Å². The highest BCUT2D eigenvalue weighted by Gasteiger charge is 2.26. The molecule has 0 N–H and O–H groups in total. The number of hydrogen-bond acceptors (Lipinski definition) is 6. The molecule has 0 saturated carbocycles. The standard InChI is InChI=1S/C18H19N5O4S/c24-18-22(19-20-23(18)16-6-2-1-3-7-16)14-15-5-4-8-17(13-15)28(25,26)21-9-11-27-12-10-21/h1-8,13H,9-12,14H2. The number of aromatic nitrogens is 4. The molecule has 10 heteroatoms. The van der Waals surface area contributed by atoms with Crippen molar-refractivity contribution < 1.29 is 13.2 Å². The van der Waals surface area contributed by atoms with Crippen LogP contribution in [-0.2, 0) is 21.3 Å². The minimum absolute atomic E-state index is 0.123. The first-order valence-electron chi connectivity index (χ1n) is 8.81. The van der Waals surface area contributed by atoms with Crippen molar-refractivity contribution in [2.45, 2.75) is 11.4 Å². The first-order chi connectivity index (χ1) is 13.6. The van der Waals surface area contributed by atoms with Gasteiger partial charge in [0.25, 0.3) is 0 Å². The van der Waals surface area contributed by atoms with Gasteiger partial charge in [-0.2, -0.15) is 13.7 Å². The Morgan fingerprint density at radius 3 is 2.46 bits per heavy atom. The maximum Gasteiger partial charge on any atom is 0.368 e. The predicted molar refractivity (Wildman–Crippen MR) is 101 cm³/mol. The summed E-state index contributed by atoms with van der Waals surface area (Å²) in [6.07, 6.45) is 0. The molecule has 1 fully saturated rings. The molecule has 2 heterocycles. The van der Waals surface area contributed by atoms with Crippen LogP contribution in [0.5, 0.6) is 0 Å². The highest BCUT2D eigenvalue weighted by atomic mass is 32.2. The zero-order valence-corrected chi connectivity index (χ0v) is 15.8. The predicted octanol–water partition coefficient (Wildman–Crippen LogP) is 0.498. The molecule has 3 aromatic rings. The molecule has 9 nitrogen and oxygen atoms in total. The van der Waals surface area contributed by atoms with Crippen molar-refractivity contribution in [1.29, 1.82) is 0 Å². The van der Waals surface area contributed by atoms with Crippen molar-refractivity contribution in [3.05, 3.63) is 70.6 Å². The van der Waals surface area contributed by atoms with Gasteiger partial charge in [0.05, 0.1) is 30.3 Å². The molecule has 28 heavy (non-hydrogen) atoms. The number of morpholine rings is 1. The molecule has 0 bridgehead atoms. The SMILES string of the molecule is O=c1n(Cc2cccc(S(=O)(=O)N3CCOCC3)c2)nnn1-c1ccccc1. The van der Waals surface area contributed by atoms with E-state index in [1.165, 1.54) is 13.7 Å². The molecule has 4 rings (SSSR count). The average Bonchev–Trinajstić information content (AvgIpc) is 3.10. The zero-order chi connectivity index (χ0) is 19.6. The van der Waals surface area contributed by atoms with E-state index < -0.39 is 15.7 Å². The lowest BCUT2D eigenvalue weighted by atomic mass is 10.2. The van der Waals surface area contributed by atoms with E-state index in [4.69, 9.17) is 4.74 Å². The van der Waals surface area contributed by atoms with E-state index in [1.54, 1.807) is 48.5 Å². The first-order valence-corrected chi connectivity index (χ1v) is 10.2. The number of para-hydroxylation sites is 1. The van der Waals surface area contributed by atoms with Crippen LogP contribution in [0.15, 0.2) is 64.3 Å². The molecule has 0 atom stereocenters. The minimum Gasteiger partial charge on any atom is -0.379 e. The first kappa shape index (κ1) is 18.5. The zero-order valence-electron chi connectivity index (χ0n) is 15.0. The second-order valence-electron chi connectivity index (χ2n) is 6.33. The lowest BCUT2D eigenvalue weighted by Gasteiger charge is -2.26. The fraction of sp³-hybridized carbons (Fsp3) is 0.278. The Morgan fingerprint density at radius 2 is 1.71 bits per heavy atom. The maximum atomic E-state index is 12.8. The van der Waals surface area contributed by atoms with Gasteiger partial charge < -0.3 is 4.74 Å². The van der Waals surface area contributed by atoms with Gasteiger partial charge >= 0.3 is 5.69 Å². The summed E-state index contributed by atoms with van der Waals surface area (Å²) < 4.78 is 34.7. The fourth-order valence-electron chi connectivity index (χ4n) is 3.02. The second-order valence-corrected chi connectivity index (χ2v) is 8.27. The molecule has 1 aliphatic heterocycles. The monoisotopic (exact) mass is 401 g/mol. The number of rotatable bonds is 5. The molecular formula is C18H19N5O4S. The number of hydrogen-bond donors (Lipinski definition) is 0. The summed E-state index contributed by atoms with van der Waals surface area (Å²) in [6, 6.07) is 15.5. The summed E-state index contributed by atoms with van der Waals surface area (Å²) in [5.74, 6) is 0. The molecule has 1 saturated heterocycles. The Morgan fingerprint density at radius 1 is 0.964 bits per heavy atom. The van der Waals surface area contributed by atoms with Crippen molar-refractivity contribution >= 4 is 10.0 Å². The van der Waals surface area contributed by atoms with Gasteiger partial charge in [-0.3, -0.25) is 0 Å². The molecule has 0 spiro atoms. The third-order valence-electron chi connectivity index (χ3n) is 4.48. The van der Waals surface area contributed by atoms with Crippen LogP contribution in [0.4, 0.5) is 0 Å². The van der Waals surface area contributed by atoms with E-state index in [-0.39, 0.29) is 11.4 Å². The van der Waals surface area contributed by atoms with Crippen molar-refractivity contribution in [1.82, 2.24) is 24.1 Å². The van der Waals surface area contributed by atoms with Gasteiger partial charge in [-0.1, -0.05) is 30.3 Å². The normalized spacial score (nSPS) is 15.6. The molecular weight excluding hydrogens is 382 g/mol. The maximum absolute atomic E-state index is 12.8. The Kier molecular flexibility index (Phi) is 5.07. The van der Waals surface area contributed by atoms with Crippen LogP contribution in [0.25, 0.3) is 5.69 Å². The number of sulfonamides is 1. The summed E-state index contributed by atoms with van der Waals surface area (Å²) in [4.78, 5) is 12.8. The van der Waals surface area contributed by atoms with Crippen molar-refractivity contribution in [2.24, 2.45) is 0 Å². The van der Waals surface area contributed by atoms with E-state index in [9.17, 15) is 13.2 Å². The van der Waals surface area contributed by atoms with Crippen molar-refractivity contribution in [3.8, 4) is 5.69 Å². The molecule has 0 aliphatic carbocycles. The Balaban J connectivity index is 1.59. The quantitative estimate of drug-likeness (QED) is 0.617. The molecule has 1 aliphatic rings. The van der Waals surface area contributed by atoms with Gasteiger partial charge in [0.2, 0.25) is 10.0 Å². The smallest absolute Gasteiger partial charge is 0.368 e. The second kappa shape index (κ2) is 7.66. The lowest BCUT2D eigenvalue weighted by molar-refractivity contribution is 0.0730. The van der Waals surface area contributed by atoms with E-state index in [0.717, 1.165) is 0 Å². The summed E-state index contributed by atoms with van der Waals surface area (Å²) in [5, 5.41) is 7.81. The van der Waals surface area contributed by atoms with Crippen molar-refractivity contribution in [3.63, 3.8) is 0 Å². The third-order valence-corrected chi connectivity index (χ3v) is 6.37. The molecule has 1 aromatic heterocycles. The van der Waals surface area contributed by atoms with Gasteiger partial charge in [0, 0.05) is 13.1 Å². The van der Waals surface area contributed by atoms with Gasteiger partial charge in [-0.05, 0) is 40.3 Å². The van der Waals surface area contributed by atoms with E-state index in [0.29, 0.717) is 37.6 Å². The minimum atomic E-state index is -3.60. The lowest BCUT2D eigenvalue weighted by Crippen LogP contribution is -2.40. The van der Waals surface area contributed by atoms with Crippen LogP contribution >= 0.6 is 0 Å². The topological polar surface area (TPSA) is 99.3 Å². The summed E-state index contributed by atoms with van der Waals surface area (Å²) >= 11 is 0. The Hall–Kier alpha value is -2.82. The highest BCUT2D eigenvalue weighted by molar-refractivity contribution is 7.89. The van der Waals surface area contributed by atoms with Crippen LogP contribution in [-0.4, -0.2) is 58.8 Å². The summed E-state index contributed by atoms with van der Waals surface area (Å²) in [6.45, 7) is 1.56. The average molecular weight is 401 g/mol. The number of ether oxygens (including phenoxy) is 1. The van der Waals surface area contributed by atoms with E-state index in [2.05, 4.69) is 10.4 Å². The Labute approximate surface area is 161 Å². The highest BCUT2D eigenvalue weighted by Crippen LogP contribution is 2.18. The molecule has 146 valence electrons. The summed E-state index contributed by atoms with van der Waals surface area (Å²) in [5.41, 5.74) is 0.867. The molecule has 0 amide bonds. The van der Waals surface area contributed by atoms with Crippen LogP contribution < -0.4 is 5.69 Å². The van der Waals surface area contributed by atoms with Crippen molar-refractivity contribution in [2.75, 3.05) is 26.3 Å². The van der Waals surface area contributed by atoms with E-state index in [1.807, 2.05) is 6.07 Å². The number of tetrazole rings is 1. The summed E-state index contributed by atoms with van der Waals surface area (Å²) in [7, 11) is -3.60. The van der Waals surface area contributed by atoms with Crippen LogP contribution in [0.3, 0.4) is 0 Å². The van der Waals surface area contributed by atoms with Gasteiger partial charge in [-0.15, -0.1) is 0 Å². The molecule has 0 unspecified atom stereocenters. The number of nitrogens with zero attached hydrogens (tertiary/aromatic N) is 5.